The lowest BCUT2D eigenvalue weighted by Crippen LogP contribution is -2.23. The Labute approximate surface area is 169 Å². The van der Waals surface area contributed by atoms with E-state index < -0.39 is 0 Å². The quantitative estimate of drug-likeness (QED) is 0.526. The maximum absolute atomic E-state index is 5.92. The standard InChI is InChI=1S/C23H34N4O/c1-3-27(4-2)22-16-17-24-23(26-22)25-20-12-14-21(15-13-20)28-18-8-11-19-9-6-5-7-10-19/h12-17,19H,3-11,18H2,1-2H3,(H,24,25,26). The van der Waals surface area contributed by atoms with Gasteiger partial charge in [0.1, 0.15) is 11.6 Å². The second kappa shape index (κ2) is 10.9. The molecule has 0 radical (unpaired) electrons. The molecule has 152 valence electrons. The van der Waals surface area contributed by atoms with Crippen molar-refractivity contribution in [2.75, 3.05) is 29.9 Å². The summed E-state index contributed by atoms with van der Waals surface area (Å²) in [4.78, 5) is 11.1. The SMILES string of the molecule is CCN(CC)c1ccnc(Nc2ccc(OCCCC3CCCCC3)cc2)n1. The lowest BCUT2D eigenvalue weighted by Gasteiger charge is -2.21. The molecule has 0 saturated heterocycles. The summed E-state index contributed by atoms with van der Waals surface area (Å²) >= 11 is 0. The van der Waals surface area contributed by atoms with Crippen molar-refractivity contribution in [2.45, 2.75) is 58.8 Å². The monoisotopic (exact) mass is 382 g/mol. The van der Waals surface area contributed by atoms with Gasteiger partial charge in [-0.15, -0.1) is 0 Å². The maximum Gasteiger partial charge on any atom is 0.229 e. The summed E-state index contributed by atoms with van der Waals surface area (Å²) in [5.41, 5.74) is 0.964. The third-order valence-electron chi connectivity index (χ3n) is 5.59. The highest BCUT2D eigenvalue weighted by Crippen LogP contribution is 2.27. The Balaban J connectivity index is 1.45. The van der Waals surface area contributed by atoms with E-state index in [1.807, 2.05) is 30.3 Å². The summed E-state index contributed by atoms with van der Waals surface area (Å²) in [6, 6.07) is 10.0. The highest BCUT2D eigenvalue weighted by atomic mass is 16.5. The van der Waals surface area contributed by atoms with Crippen LogP contribution in [0.3, 0.4) is 0 Å². The molecule has 1 fully saturated rings. The van der Waals surface area contributed by atoms with Crippen LogP contribution in [0.15, 0.2) is 36.5 Å². The number of anilines is 3. The van der Waals surface area contributed by atoms with Crippen molar-refractivity contribution in [3.8, 4) is 5.75 Å². The van der Waals surface area contributed by atoms with Crippen molar-refractivity contribution in [2.24, 2.45) is 5.92 Å². The number of benzene rings is 1. The lowest BCUT2D eigenvalue weighted by molar-refractivity contribution is 0.269. The predicted octanol–water partition coefficient (Wildman–Crippen LogP) is 5.81. The minimum Gasteiger partial charge on any atom is -0.494 e. The average Bonchev–Trinajstić information content (AvgIpc) is 2.74. The van der Waals surface area contributed by atoms with E-state index >= 15 is 0 Å². The molecule has 5 nitrogen and oxygen atoms in total. The number of rotatable bonds is 10. The van der Waals surface area contributed by atoms with E-state index in [4.69, 9.17) is 4.74 Å². The van der Waals surface area contributed by atoms with Crippen molar-refractivity contribution in [1.82, 2.24) is 9.97 Å². The Morgan fingerprint density at radius 1 is 1.04 bits per heavy atom. The fourth-order valence-electron chi connectivity index (χ4n) is 3.93. The fourth-order valence-corrected chi connectivity index (χ4v) is 3.93. The molecule has 1 heterocycles. The van der Waals surface area contributed by atoms with E-state index in [1.54, 1.807) is 6.20 Å². The fraction of sp³-hybridized carbons (Fsp3) is 0.565. The topological polar surface area (TPSA) is 50.3 Å². The van der Waals surface area contributed by atoms with Gasteiger partial charge in [-0.2, -0.15) is 4.98 Å². The van der Waals surface area contributed by atoms with Crippen LogP contribution >= 0.6 is 0 Å². The second-order valence-electron chi connectivity index (χ2n) is 7.55. The molecule has 2 aromatic rings. The van der Waals surface area contributed by atoms with Gasteiger partial charge in [0.25, 0.3) is 0 Å². The zero-order valence-electron chi connectivity index (χ0n) is 17.4. The Morgan fingerprint density at radius 2 is 1.79 bits per heavy atom. The van der Waals surface area contributed by atoms with Crippen LogP contribution in [0.25, 0.3) is 0 Å². The highest BCUT2D eigenvalue weighted by Gasteiger charge is 2.12. The smallest absolute Gasteiger partial charge is 0.229 e. The Kier molecular flexibility index (Phi) is 7.94. The first kappa shape index (κ1) is 20.4. The third-order valence-corrected chi connectivity index (χ3v) is 5.59. The zero-order chi connectivity index (χ0) is 19.6. The predicted molar refractivity (Wildman–Crippen MR) is 117 cm³/mol. The molecule has 1 N–H and O–H groups in total. The minimum atomic E-state index is 0.616. The molecule has 1 aromatic carbocycles. The third kappa shape index (κ3) is 6.11. The molecular formula is C23H34N4O. The molecule has 1 aliphatic carbocycles. The first-order valence-electron chi connectivity index (χ1n) is 10.9. The van der Waals surface area contributed by atoms with Crippen LogP contribution in [0.4, 0.5) is 17.5 Å². The zero-order valence-corrected chi connectivity index (χ0v) is 17.4. The van der Waals surface area contributed by atoms with E-state index in [2.05, 4.69) is 34.0 Å². The summed E-state index contributed by atoms with van der Waals surface area (Å²) in [6.45, 7) is 6.93. The van der Waals surface area contributed by atoms with Crippen molar-refractivity contribution < 1.29 is 4.74 Å². The van der Waals surface area contributed by atoms with Gasteiger partial charge in [0, 0.05) is 25.0 Å². The van der Waals surface area contributed by atoms with Crippen LogP contribution in [0.1, 0.15) is 58.8 Å². The summed E-state index contributed by atoms with van der Waals surface area (Å²) in [6.07, 6.45) is 11.3. The van der Waals surface area contributed by atoms with Gasteiger partial charge in [-0.05, 0) is 62.9 Å². The summed E-state index contributed by atoms with van der Waals surface area (Å²) in [5, 5.41) is 3.28. The van der Waals surface area contributed by atoms with Gasteiger partial charge < -0.3 is 15.0 Å². The van der Waals surface area contributed by atoms with Crippen molar-refractivity contribution >= 4 is 17.5 Å². The van der Waals surface area contributed by atoms with Gasteiger partial charge in [-0.3, -0.25) is 0 Å². The molecule has 1 aromatic heterocycles. The Bertz CT molecular complexity index is 694. The molecule has 0 atom stereocenters. The molecule has 0 spiro atoms. The lowest BCUT2D eigenvalue weighted by atomic mass is 9.86. The van der Waals surface area contributed by atoms with Crippen LogP contribution in [0.5, 0.6) is 5.75 Å². The maximum atomic E-state index is 5.92. The average molecular weight is 383 g/mol. The van der Waals surface area contributed by atoms with Gasteiger partial charge >= 0.3 is 0 Å². The molecule has 1 aliphatic rings. The summed E-state index contributed by atoms with van der Waals surface area (Å²) < 4.78 is 5.92. The molecule has 28 heavy (non-hydrogen) atoms. The van der Waals surface area contributed by atoms with Crippen molar-refractivity contribution in [3.05, 3.63) is 36.5 Å². The van der Waals surface area contributed by atoms with Gasteiger partial charge in [-0.25, -0.2) is 4.98 Å². The molecule has 1 saturated carbocycles. The molecule has 0 unspecified atom stereocenters. The first-order valence-corrected chi connectivity index (χ1v) is 10.9. The van der Waals surface area contributed by atoms with Gasteiger partial charge in [0.15, 0.2) is 0 Å². The van der Waals surface area contributed by atoms with Crippen molar-refractivity contribution in [1.29, 1.82) is 0 Å². The molecule has 0 bridgehead atoms. The van der Waals surface area contributed by atoms with E-state index in [0.29, 0.717) is 5.95 Å². The second-order valence-corrected chi connectivity index (χ2v) is 7.55. The normalized spacial score (nSPS) is 14.6. The van der Waals surface area contributed by atoms with Crippen LogP contribution in [-0.4, -0.2) is 29.7 Å². The highest BCUT2D eigenvalue weighted by molar-refractivity contribution is 5.56. The van der Waals surface area contributed by atoms with E-state index in [0.717, 1.165) is 49.3 Å². The molecule has 5 heteroatoms. The van der Waals surface area contributed by atoms with E-state index in [9.17, 15) is 0 Å². The summed E-state index contributed by atoms with van der Waals surface area (Å²) in [7, 11) is 0. The van der Waals surface area contributed by atoms with Gasteiger partial charge in [0.2, 0.25) is 5.95 Å². The Hall–Kier alpha value is -2.30. The largest absolute Gasteiger partial charge is 0.494 e. The van der Waals surface area contributed by atoms with Crippen molar-refractivity contribution in [3.63, 3.8) is 0 Å². The number of ether oxygens (including phenoxy) is 1. The van der Waals surface area contributed by atoms with Crippen LogP contribution < -0.4 is 15.0 Å². The van der Waals surface area contributed by atoms with Gasteiger partial charge in [-0.1, -0.05) is 32.1 Å². The molecule has 0 aliphatic heterocycles. The van der Waals surface area contributed by atoms with Crippen LogP contribution in [0.2, 0.25) is 0 Å². The van der Waals surface area contributed by atoms with Crippen LogP contribution in [0, 0.1) is 5.92 Å². The number of hydrogen-bond donors (Lipinski definition) is 1. The van der Waals surface area contributed by atoms with Gasteiger partial charge in [0.05, 0.1) is 6.61 Å². The summed E-state index contributed by atoms with van der Waals surface area (Å²) in [5.74, 6) is 3.41. The minimum absolute atomic E-state index is 0.616. The molecular weight excluding hydrogens is 348 g/mol. The van der Waals surface area contributed by atoms with E-state index in [-0.39, 0.29) is 0 Å². The number of hydrogen-bond acceptors (Lipinski definition) is 5. The number of nitrogens with one attached hydrogen (secondary N) is 1. The molecule has 3 rings (SSSR count). The van der Waals surface area contributed by atoms with E-state index in [1.165, 1.54) is 38.5 Å². The first-order chi connectivity index (χ1) is 13.8. The number of nitrogens with zero attached hydrogens (tertiary/aromatic N) is 3. The molecule has 0 amide bonds. The van der Waals surface area contributed by atoms with Crippen LogP contribution in [-0.2, 0) is 0 Å². The Morgan fingerprint density at radius 3 is 2.50 bits per heavy atom. The number of aromatic nitrogens is 2.